The molecule has 3 rings (SSSR count). The molecule has 1 aromatic heterocycles. The Kier molecular flexibility index (Phi) is 7.54. The maximum absolute atomic E-state index is 5.35. The minimum atomic E-state index is 0.599. The van der Waals surface area contributed by atoms with Crippen molar-refractivity contribution < 1.29 is 4.74 Å². The fourth-order valence-corrected chi connectivity index (χ4v) is 4.14. The van der Waals surface area contributed by atoms with E-state index in [-0.39, 0.29) is 0 Å². The number of aliphatic imine (C=N–C) groups is 1. The van der Waals surface area contributed by atoms with E-state index in [0.717, 1.165) is 49.3 Å². The van der Waals surface area contributed by atoms with Crippen LogP contribution in [0.15, 0.2) is 35.5 Å². The first-order valence-electron chi connectivity index (χ1n) is 10.1. The van der Waals surface area contributed by atoms with E-state index >= 15 is 0 Å². The Bertz CT molecular complexity index is 776. The second kappa shape index (κ2) is 10.3. The smallest absolute Gasteiger partial charge is 0.191 e. The Hall–Kier alpha value is -2.28. The van der Waals surface area contributed by atoms with Crippen LogP contribution < -0.4 is 20.3 Å². The Morgan fingerprint density at radius 2 is 2.25 bits per heavy atom. The normalized spacial score (nSPS) is 17.0. The third-order valence-electron chi connectivity index (χ3n) is 4.93. The lowest BCUT2D eigenvalue weighted by Crippen LogP contribution is -2.40. The molecule has 7 heteroatoms. The molecule has 6 nitrogen and oxygen atoms in total. The number of hydrogen-bond donors (Lipinski definition) is 2. The van der Waals surface area contributed by atoms with Crippen molar-refractivity contribution in [1.82, 2.24) is 15.6 Å². The van der Waals surface area contributed by atoms with Crippen LogP contribution in [0.4, 0.5) is 5.69 Å². The lowest BCUT2D eigenvalue weighted by molar-refractivity contribution is 0.415. The summed E-state index contributed by atoms with van der Waals surface area (Å²) in [6.45, 7) is 8.77. The van der Waals surface area contributed by atoms with Gasteiger partial charge >= 0.3 is 0 Å². The van der Waals surface area contributed by atoms with Crippen LogP contribution in [0.2, 0.25) is 0 Å². The first kappa shape index (κ1) is 20.5. The minimum absolute atomic E-state index is 0.599. The van der Waals surface area contributed by atoms with Gasteiger partial charge in [0, 0.05) is 49.0 Å². The molecule has 1 saturated heterocycles. The van der Waals surface area contributed by atoms with Gasteiger partial charge in [-0.05, 0) is 37.8 Å². The SMILES string of the molecule is CCNC(=NCc1ncc(CC)s1)NCC1CCN(c2cccc(OC)c2)C1. The summed E-state index contributed by atoms with van der Waals surface area (Å²) in [5, 5.41) is 7.92. The lowest BCUT2D eigenvalue weighted by atomic mass is 10.1. The molecule has 1 aromatic carbocycles. The highest BCUT2D eigenvalue weighted by Gasteiger charge is 2.23. The highest BCUT2D eigenvalue weighted by Crippen LogP contribution is 2.26. The van der Waals surface area contributed by atoms with E-state index in [2.05, 4.69) is 52.6 Å². The van der Waals surface area contributed by atoms with Crippen molar-refractivity contribution in [2.24, 2.45) is 10.9 Å². The standard InChI is InChI=1S/C21H31N5OS/c1-4-19-13-23-20(28-19)14-25-21(22-5-2)24-12-16-9-10-26(15-16)17-7-6-8-18(11-17)27-3/h6-8,11,13,16H,4-5,9-10,12,14-15H2,1-3H3,(H2,22,24,25). The van der Waals surface area contributed by atoms with Crippen LogP contribution in [-0.4, -0.2) is 44.2 Å². The number of guanidine groups is 1. The molecular formula is C21H31N5OS. The van der Waals surface area contributed by atoms with Crippen molar-refractivity contribution >= 4 is 23.0 Å². The minimum Gasteiger partial charge on any atom is -0.497 e. The van der Waals surface area contributed by atoms with Gasteiger partial charge in [-0.3, -0.25) is 0 Å². The molecule has 28 heavy (non-hydrogen) atoms. The number of nitrogens with one attached hydrogen (secondary N) is 2. The summed E-state index contributed by atoms with van der Waals surface area (Å²) >= 11 is 1.75. The number of hydrogen-bond acceptors (Lipinski definition) is 5. The van der Waals surface area contributed by atoms with E-state index in [0.29, 0.717) is 12.5 Å². The average molecular weight is 402 g/mol. The van der Waals surface area contributed by atoms with E-state index in [1.807, 2.05) is 12.3 Å². The fourth-order valence-electron chi connectivity index (χ4n) is 3.35. The molecule has 0 aliphatic carbocycles. The summed E-state index contributed by atoms with van der Waals surface area (Å²) in [7, 11) is 1.71. The van der Waals surface area contributed by atoms with Gasteiger partial charge in [-0.1, -0.05) is 13.0 Å². The molecule has 1 atom stereocenters. The van der Waals surface area contributed by atoms with Gasteiger partial charge in [0.25, 0.3) is 0 Å². The number of methoxy groups -OCH3 is 1. The van der Waals surface area contributed by atoms with Crippen LogP contribution >= 0.6 is 11.3 Å². The largest absolute Gasteiger partial charge is 0.497 e. The highest BCUT2D eigenvalue weighted by atomic mass is 32.1. The molecule has 1 aliphatic heterocycles. The second-order valence-electron chi connectivity index (χ2n) is 6.95. The quantitative estimate of drug-likeness (QED) is 0.525. The summed E-state index contributed by atoms with van der Waals surface area (Å²) in [6.07, 6.45) is 4.17. The molecule has 1 aliphatic rings. The fraction of sp³-hybridized carbons (Fsp3) is 0.524. The molecule has 0 spiro atoms. The predicted molar refractivity (Wildman–Crippen MR) is 118 cm³/mol. The number of aryl methyl sites for hydroxylation is 1. The van der Waals surface area contributed by atoms with E-state index in [1.54, 1.807) is 18.4 Å². The number of nitrogens with zero attached hydrogens (tertiary/aromatic N) is 3. The van der Waals surface area contributed by atoms with Gasteiger partial charge in [-0.2, -0.15) is 0 Å². The van der Waals surface area contributed by atoms with Crippen LogP contribution in [-0.2, 0) is 13.0 Å². The van der Waals surface area contributed by atoms with E-state index in [4.69, 9.17) is 9.73 Å². The third-order valence-corrected chi connectivity index (χ3v) is 6.06. The molecule has 0 saturated carbocycles. The predicted octanol–water partition coefficient (Wildman–Crippen LogP) is 3.30. The maximum Gasteiger partial charge on any atom is 0.191 e. The van der Waals surface area contributed by atoms with Crippen LogP contribution in [0.3, 0.4) is 0 Å². The first-order valence-corrected chi connectivity index (χ1v) is 10.9. The van der Waals surface area contributed by atoms with Gasteiger partial charge in [0.1, 0.15) is 10.8 Å². The van der Waals surface area contributed by atoms with Crippen LogP contribution in [0.1, 0.15) is 30.2 Å². The zero-order chi connectivity index (χ0) is 19.8. The summed E-state index contributed by atoms with van der Waals surface area (Å²) in [6, 6.07) is 8.31. The number of benzene rings is 1. The number of aromatic nitrogens is 1. The van der Waals surface area contributed by atoms with Crippen molar-refractivity contribution in [2.75, 3.05) is 38.2 Å². The molecule has 0 bridgehead atoms. The van der Waals surface area contributed by atoms with E-state index in [9.17, 15) is 0 Å². The number of rotatable bonds is 8. The van der Waals surface area contributed by atoms with Gasteiger partial charge in [0.2, 0.25) is 0 Å². The number of thiazole rings is 1. The van der Waals surface area contributed by atoms with E-state index in [1.165, 1.54) is 17.0 Å². The lowest BCUT2D eigenvalue weighted by Gasteiger charge is -2.20. The topological polar surface area (TPSA) is 61.8 Å². The van der Waals surface area contributed by atoms with Crippen LogP contribution in [0.25, 0.3) is 0 Å². The molecule has 0 radical (unpaired) electrons. The molecular weight excluding hydrogens is 370 g/mol. The van der Waals surface area contributed by atoms with Crippen molar-refractivity contribution in [3.8, 4) is 5.75 Å². The van der Waals surface area contributed by atoms with Gasteiger partial charge in [-0.25, -0.2) is 9.98 Å². The Morgan fingerprint density at radius 3 is 3.00 bits per heavy atom. The highest BCUT2D eigenvalue weighted by molar-refractivity contribution is 7.11. The Morgan fingerprint density at radius 1 is 1.36 bits per heavy atom. The van der Waals surface area contributed by atoms with Crippen LogP contribution in [0, 0.1) is 5.92 Å². The zero-order valence-corrected chi connectivity index (χ0v) is 17.9. The van der Waals surface area contributed by atoms with Crippen LogP contribution in [0.5, 0.6) is 5.75 Å². The summed E-state index contributed by atoms with van der Waals surface area (Å²) in [5.74, 6) is 2.38. The second-order valence-corrected chi connectivity index (χ2v) is 8.15. The van der Waals surface area contributed by atoms with E-state index < -0.39 is 0 Å². The van der Waals surface area contributed by atoms with Gasteiger partial charge in [0.05, 0.1) is 13.7 Å². The molecule has 2 heterocycles. The zero-order valence-electron chi connectivity index (χ0n) is 17.1. The average Bonchev–Trinajstić information content (AvgIpc) is 3.39. The summed E-state index contributed by atoms with van der Waals surface area (Å²) in [5.41, 5.74) is 1.23. The molecule has 1 fully saturated rings. The number of anilines is 1. The van der Waals surface area contributed by atoms with Crippen molar-refractivity contribution in [1.29, 1.82) is 0 Å². The van der Waals surface area contributed by atoms with Gasteiger partial charge < -0.3 is 20.3 Å². The Balaban J connectivity index is 1.51. The first-order chi connectivity index (χ1) is 13.7. The maximum atomic E-state index is 5.35. The molecule has 1 unspecified atom stereocenters. The summed E-state index contributed by atoms with van der Waals surface area (Å²) in [4.78, 5) is 12.9. The molecule has 0 amide bonds. The monoisotopic (exact) mass is 401 g/mol. The molecule has 152 valence electrons. The molecule has 2 aromatic rings. The van der Waals surface area contributed by atoms with Crippen molar-refractivity contribution in [2.45, 2.75) is 33.2 Å². The van der Waals surface area contributed by atoms with Crippen molar-refractivity contribution in [3.05, 3.63) is 40.3 Å². The third kappa shape index (κ3) is 5.61. The number of ether oxygens (including phenoxy) is 1. The summed E-state index contributed by atoms with van der Waals surface area (Å²) < 4.78 is 5.35. The van der Waals surface area contributed by atoms with Crippen molar-refractivity contribution in [3.63, 3.8) is 0 Å². The molecule has 2 N–H and O–H groups in total. The van der Waals surface area contributed by atoms with Gasteiger partial charge in [0.15, 0.2) is 5.96 Å². The Labute approximate surface area is 172 Å². The van der Waals surface area contributed by atoms with Gasteiger partial charge in [-0.15, -0.1) is 11.3 Å².